The average molecular weight is 239 g/mol. The molecular formula is C12H21N3O2. The van der Waals surface area contributed by atoms with E-state index < -0.39 is 5.60 Å². The molecule has 2 rings (SSSR count). The summed E-state index contributed by atoms with van der Waals surface area (Å²) in [4.78, 5) is 0. The van der Waals surface area contributed by atoms with Gasteiger partial charge in [0.2, 0.25) is 0 Å². The van der Waals surface area contributed by atoms with Crippen LogP contribution >= 0.6 is 0 Å². The fraction of sp³-hybridized carbons (Fsp3) is 0.750. The molecule has 5 nitrogen and oxygen atoms in total. The number of nitrogens with zero attached hydrogens (tertiary/aromatic N) is 2. The van der Waals surface area contributed by atoms with Gasteiger partial charge in [0.05, 0.1) is 11.8 Å². The second-order valence-corrected chi connectivity index (χ2v) is 4.85. The maximum Gasteiger partial charge on any atom is 0.105 e. The van der Waals surface area contributed by atoms with Crippen molar-refractivity contribution in [2.24, 2.45) is 7.05 Å². The number of rotatable bonds is 4. The highest BCUT2D eigenvalue weighted by Crippen LogP contribution is 2.25. The minimum atomic E-state index is -0.743. The van der Waals surface area contributed by atoms with Crippen molar-refractivity contribution in [2.45, 2.75) is 38.0 Å². The van der Waals surface area contributed by atoms with Gasteiger partial charge in [-0.1, -0.05) is 0 Å². The van der Waals surface area contributed by atoms with E-state index >= 15 is 0 Å². The molecule has 1 aromatic heterocycles. The fourth-order valence-corrected chi connectivity index (χ4v) is 2.25. The first-order valence-corrected chi connectivity index (χ1v) is 6.08. The second-order valence-electron chi connectivity index (χ2n) is 4.85. The normalized spacial score (nSPS) is 30.7. The Hall–Kier alpha value is -0.910. The predicted octanol–water partition coefficient (Wildman–Crippen LogP) is 0.611. The molecule has 1 fully saturated rings. The van der Waals surface area contributed by atoms with Crippen LogP contribution in [-0.2, 0) is 11.8 Å². The third-order valence-electron chi connectivity index (χ3n) is 3.68. The van der Waals surface area contributed by atoms with Crippen molar-refractivity contribution in [3.63, 3.8) is 0 Å². The molecule has 96 valence electrons. The molecule has 0 spiro atoms. The first kappa shape index (κ1) is 12.5. The zero-order chi connectivity index (χ0) is 12.5. The van der Waals surface area contributed by atoms with Gasteiger partial charge in [0.25, 0.3) is 0 Å². The van der Waals surface area contributed by atoms with Crippen molar-refractivity contribution in [3.8, 4) is 0 Å². The van der Waals surface area contributed by atoms with Gasteiger partial charge in [0, 0.05) is 38.9 Å². The Morgan fingerprint density at radius 3 is 3.06 bits per heavy atom. The molecule has 2 N–H and O–H groups in total. The van der Waals surface area contributed by atoms with E-state index in [1.165, 1.54) is 0 Å². The van der Waals surface area contributed by atoms with Crippen molar-refractivity contribution in [3.05, 3.63) is 18.0 Å². The van der Waals surface area contributed by atoms with Crippen LogP contribution in [0.1, 0.15) is 32.0 Å². The SMILES string of the molecule is CC(NCC1(O)CCOC1C)c1ccnn1C. The van der Waals surface area contributed by atoms with Gasteiger partial charge < -0.3 is 15.2 Å². The van der Waals surface area contributed by atoms with Crippen LogP contribution in [0.5, 0.6) is 0 Å². The average Bonchev–Trinajstić information content (AvgIpc) is 2.84. The number of aryl methyl sites for hydroxylation is 1. The highest BCUT2D eigenvalue weighted by atomic mass is 16.5. The summed E-state index contributed by atoms with van der Waals surface area (Å²) >= 11 is 0. The zero-order valence-electron chi connectivity index (χ0n) is 10.7. The number of nitrogens with one attached hydrogen (secondary N) is 1. The molecule has 0 amide bonds. The first-order valence-electron chi connectivity index (χ1n) is 6.08. The van der Waals surface area contributed by atoms with Crippen LogP contribution in [0, 0.1) is 0 Å². The summed E-state index contributed by atoms with van der Waals surface area (Å²) < 4.78 is 7.25. The number of ether oxygens (including phenoxy) is 1. The fourth-order valence-electron chi connectivity index (χ4n) is 2.25. The Kier molecular flexibility index (Phi) is 3.51. The number of aliphatic hydroxyl groups is 1. The van der Waals surface area contributed by atoms with Crippen molar-refractivity contribution in [1.29, 1.82) is 0 Å². The number of hydrogen-bond acceptors (Lipinski definition) is 4. The Balaban J connectivity index is 1.92. The molecule has 1 aromatic rings. The van der Waals surface area contributed by atoms with E-state index in [0.29, 0.717) is 19.6 Å². The summed E-state index contributed by atoms with van der Waals surface area (Å²) in [5.74, 6) is 0. The molecule has 1 aliphatic rings. The summed E-state index contributed by atoms with van der Waals surface area (Å²) in [6, 6.07) is 2.15. The van der Waals surface area contributed by atoms with E-state index in [-0.39, 0.29) is 12.1 Å². The van der Waals surface area contributed by atoms with Crippen LogP contribution in [0.2, 0.25) is 0 Å². The molecule has 3 unspecified atom stereocenters. The lowest BCUT2D eigenvalue weighted by atomic mass is 9.96. The topological polar surface area (TPSA) is 59.3 Å². The van der Waals surface area contributed by atoms with E-state index in [0.717, 1.165) is 5.69 Å². The van der Waals surface area contributed by atoms with Gasteiger partial charge in [-0.2, -0.15) is 5.10 Å². The molecule has 0 saturated carbocycles. The third-order valence-corrected chi connectivity index (χ3v) is 3.68. The highest BCUT2D eigenvalue weighted by molar-refractivity contribution is 5.06. The van der Waals surface area contributed by atoms with Gasteiger partial charge in [-0.15, -0.1) is 0 Å². The van der Waals surface area contributed by atoms with Gasteiger partial charge >= 0.3 is 0 Å². The zero-order valence-corrected chi connectivity index (χ0v) is 10.7. The van der Waals surface area contributed by atoms with E-state index in [4.69, 9.17) is 4.74 Å². The third kappa shape index (κ3) is 2.51. The molecule has 2 heterocycles. The quantitative estimate of drug-likeness (QED) is 0.808. The Labute approximate surface area is 102 Å². The summed E-state index contributed by atoms with van der Waals surface area (Å²) in [5, 5.41) is 17.9. The summed E-state index contributed by atoms with van der Waals surface area (Å²) in [6.07, 6.45) is 2.37. The number of hydrogen-bond donors (Lipinski definition) is 2. The molecule has 0 aromatic carbocycles. The molecule has 1 saturated heterocycles. The van der Waals surface area contributed by atoms with E-state index in [9.17, 15) is 5.11 Å². The Morgan fingerprint density at radius 1 is 1.76 bits per heavy atom. The molecule has 5 heteroatoms. The Morgan fingerprint density at radius 2 is 2.53 bits per heavy atom. The van der Waals surface area contributed by atoms with E-state index in [2.05, 4.69) is 17.3 Å². The molecule has 1 aliphatic heterocycles. The van der Waals surface area contributed by atoms with Crippen molar-refractivity contribution >= 4 is 0 Å². The maximum absolute atomic E-state index is 10.4. The highest BCUT2D eigenvalue weighted by Gasteiger charge is 2.39. The molecule has 0 radical (unpaired) electrons. The lowest BCUT2D eigenvalue weighted by Gasteiger charge is -2.28. The number of aromatic nitrogens is 2. The van der Waals surface area contributed by atoms with Gasteiger partial charge in [0.1, 0.15) is 5.60 Å². The lowest BCUT2D eigenvalue weighted by molar-refractivity contribution is -0.0275. The van der Waals surface area contributed by atoms with Crippen LogP contribution in [0.15, 0.2) is 12.3 Å². The predicted molar refractivity (Wildman–Crippen MR) is 64.6 cm³/mol. The Bertz CT molecular complexity index is 380. The van der Waals surface area contributed by atoms with Crippen molar-refractivity contribution in [2.75, 3.05) is 13.2 Å². The maximum atomic E-state index is 10.4. The van der Waals surface area contributed by atoms with Crippen molar-refractivity contribution in [1.82, 2.24) is 15.1 Å². The van der Waals surface area contributed by atoms with Gasteiger partial charge in [-0.05, 0) is 19.9 Å². The van der Waals surface area contributed by atoms with Crippen LogP contribution in [0.3, 0.4) is 0 Å². The second kappa shape index (κ2) is 4.76. The van der Waals surface area contributed by atoms with E-state index in [1.807, 2.05) is 24.7 Å². The smallest absolute Gasteiger partial charge is 0.105 e. The van der Waals surface area contributed by atoms with Crippen LogP contribution in [0.4, 0.5) is 0 Å². The molecule has 0 aliphatic carbocycles. The molecular weight excluding hydrogens is 218 g/mol. The van der Waals surface area contributed by atoms with Crippen molar-refractivity contribution < 1.29 is 9.84 Å². The van der Waals surface area contributed by atoms with Crippen LogP contribution in [0.25, 0.3) is 0 Å². The van der Waals surface area contributed by atoms with Gasteiger partial charge in [0.15, 0.2) is 0 Å². The largest absolute Gasteiger partial charge is 0.386 e. The minimum absolute atomic E-state index is 0.103. The van der Waals surface area contributed by atoms with Crippen LogP contribution < -0.4 is 5.32 Å². The summed E-state index contributed by atoms with van der Waals surface area (Å²) in [6.45, 7) is 5.17. The summed E-state index contributed by atoms with van der Waals surface area (Å²) in [5.41, 5.74) is 0.368. The molecule has 3 atom stereocenters. The lowest BCUT2D eigenvalue weighted by Crippen LogP contribution is -2.46. The van der Waals surface area contributed by atoms with E-state index in [1.54, 1.807) is 6.20 Å². The van der Waals surface area contributed by atoms with Gasteiger partial charge in [-0.25, -0.2) is 0 Å². The standard InChI is InChI=1S/C12H21N3O2/c1-9(11-4-6-14-15(11)3)13-8-12(16)5-7-17-10(12)2/h4,6,9-10,13,16H,5,7-8H2,1-3H3. The monoisotopic (exact) mass is 239 g/mol. The molecule has 0 bridgehead atoms. The van der Waals surface area contributed by atoms with Gasteiger partial charge in [-0.3, -0.25) is 4.68 Å². The molecule has 17 heavy (non-hydrogen) atoms. The summed E-state index contributed by atoms with van der Waals surface area (Å²) in [7, 11) is 1.92. The first-order chi connectivity index (χ1) is 8.03. The minimum Gasteiger partial charge on any atom is -0.386 e. The van der Waals surface area contributed by atoms with Crippen LogP contribution in [-0.4, -0.2) is 39.7 Å².